The van der Waals surface area contributed by atoms with Crippen LogP contribution in [0.3, 0.4) is 0 Å². The molecule has 1 heterocycles. The zero-order valence-electron chi connectivity index (χ0n) is 14.8. The standard InChI is InChI=1S/C21H20N4O2/c26-20(17-13-23-25(14-17)19-4-2-1-3-5-19)22-12-15-6-8-16(9-7-15)21(27)24-18-10-11-18/h1-9,13-14,18H,10-12H2,(H,22,26)(H,24,27). The number of nitrogens with one attached hydrogen (secondary N) is 2. The Hall–Kier alpha value is -3.41. The molecule has 27 heavy (non-hydrogen) atoms. The van der Waals surface area contributed by atoms with Crippen molar-refractivity contribution in [2.24, 2.45) is 0 Å². The second-order valence-corrected chi connectivity index (χ2v) is 6.64. The van der Waals surface area contributed by atoms with Crippen LogP contribution in [0.4, 0.5) is 0 Å². The van der Waals surface area contributed by atoms with E-state index in [-0.39, 0.29) is 11.8 Å². The molecule has 0 bridgehead atoms. The maximum atomic E-state index is 12.3. The average Bonchev–Trinajstić information content (AvgIpc) is 3.38. The molecule has 0 saturated heterocycles. The molecular formula is C21H20N4O2. The first-order valence-electron chi connectivity index (χ1n) is 8.97. The Bertz CT molecular complexity index is 944. The Balaban J connectivity index is 1.34. The van der Waals surface area contributed by atoms with Gasteiger partial charge in [-0.1, -0.05) is 30.3 Å². The van der Waals surface area contributed by atoms with Gasteiger partial charge >= 0.3 is 0 Å². The number of rotatable bonds is 6. The first kappa shape index (κ1) is 17.0. The summed E-state index contributed by atoms with van der Waals surface area (Å²) in [5, 5.41) is 10.1. The lowest BCUT2D eigenvalue weighted by molar-refractivity contribution is 0.0941. The van der Waals surface area contributed by atoms with E-state index in [4.69, 9.17) is 0 Å². The molecule has 1 fully saturated rings. The quantitative estimate of drug-likeness (QED) is 0.710. The fourth-order valence-electron chi connectivity index (χ4n) is 2.72. The molecule has 2 aromatic carbocycles. The van der Waals surface area contributed by atoms with Crippen LogP contribution in [0.15, 0.2) is 67.0 Å². The summed E-state index contributed by atoms with van der Waals surface area (Å²) in [6, 6.07) is 17.3. The highest BCUT2D eigenvalue weighted by Gasteiger charge is 2.23. The molecule has 1 saturated carbocycles. The number of aromatic nitrogens is 2. The van der Waals surface area contributed by atoms with Crippen LogP contribution in [0, 0.1) is 0 Å². The normalized spacial score (nSPS) is 13.2. The first-order valence-corrected chi connectivity index (χ1v) is 8.97. The Morgan fingerprint density at radius 2 is 1.70 bits per heavy atom. The van der Waals surface area contributed by atoms with E-state index in [1.807, 2.05) is 42.5 Å². The van der Waals surface area contributed by atoms with Crippen molar-refractivity contribution in [1.82, 2.24) is 20.4 Å². The van der Waals surface area contributed by atoms with Gasteiger partial charge in [0.2, 0.25) is 0 Å². The number of hydrogen-bond donors (Lipinski definition) is 2. The molecule has 0 atom stereocenters. The van der Waals surface area contributed by atoms with Crippen molar-refractivity contribution in [2.45, 2.75) is 25.4 Å². The topological polar surface area (TPSA) is 76.0 Å². The van der Waals surface area contributed by atoms with Gasteiger partial charge in [-0.15, -0.1) is 0 Å². The molecule has 136 valence electrons. The van der Waals surface area contributed by atoms with Crippen molar-refractivity contribution >= 4 is 11.8 Å². The summed E-state index contributed by atoms with van der Waals surface area (Å²) in [7, 11) is 0. The molecule has 4 rings (SSSR count). The number of benzene rings is 2. The van der Waals surface area contributed by atoms with E-state index in [2.05, 4.69) is 15.7 Å². The molecule has 2 N–H and O–H groups in total. The molecule has 1 aromatic heterocycles. The van der Waals surface area contributed by atoms with Crippen LogP contribution in [0.2, 0.25) is 0 Å². The number of nitrogens with zero attached hydrogens (tertiary/aromatic N) is 2. The van der Waals surface area contributed by atoms with E-state index in [1.54, 1.807) is 29.2 Å². The third-order valence-electron chi connectivity index (χ3n) is 4.45. The fraction of sp³-hybridized carbons (Fsp3) is 0.190. The Morgan fingerprint density at radius 1 is 0.963 bits per heavy atom. The minimum Gasteiger partial charge on any atom is -0.349 e. The molecule has 1 aliphatic rings. The molecular weight excluding hydrogens is 340 g/mol. The fourth-order valence-corrected chi connectivity index (χ4v) is 2.72. The highest BCUT2D eigenvalue weighted by Crippen LogP contribution is 2.19. The molecule has 6 nitrogen and oxygen atoms in total. The SMILES string of the molecule is O=C(NCc1ccc(C(=O)NC2CC2)cc1)c1cnn(-c2ccccc2)c1. The van der Waals surface area contributed by atoms with Crippen LogP contribution in [-0.4, -0.2) is 27.6 Å². The first-order chi connectivity index (χ1) is 13.2. The van der Waals surface area contributed by atoms with Gasteiger partial charge in [0.1, 0.15) is 0 Å². The van der Waals surface area contributed by atoms with Gasteiger partial charge in [0, 0.05) is 24.3 Å². The van der Waals surface area contributed by atoms with Crippen molar-refractivity contribution in [2.75, 3.05) is 0 Å². The van der Waals surface area contributed by atoms with E-state index in [1.165, 1.54) is 0 Å². The highest BCUT2D eigenvalue weighted by atomic mass is 16.2. The monoisotopic (exact) mass is 360 g/mol. The van der Waals surface area contributed by atoms with E-state index in [0.29, 0.717) is 23.7 Å². The number of carbonyl (C=O) groups excluding carboxylic acids is 2. The molecule has 0 radical (unpaired) electrons. The Labute approximate surface area is 157 Å². The number of para-hydroxylation sites is 1. The number of amides is 2. The summed E-state index contributed by atoms with van der Waals surface area (Å²) in [4.78, 5) is 24.3. The molecule has 0 aliphatic heterocycles. The lowest BCUT2D eigenvalue weighted by Gasteiger charge is -2.06. The van der Waals surface area contributed by atoms with Crippen molar-refractivity contribution in [3.63, 3.8) is 0 Å². The summed E-state index contributed by atoms with van der Waals surface area (Å²) in [5.74, 6) is -0.228. The van der Waals surface area contributed by atoms with Gasteiger partial charge in [-0.05, 0) is 42.7 Å². The van der Waals surface area contributed by atoms with Crippen LogP contribution in [-0.2, 0) is 6.54 Å². The molecule has 0 spiro atoms. The summed E-state index contributed by atoms with van der Waals surface area (Å²) < 4.78 is 1.67. The van der Waals surface area contributed by atoms with Crippen molar-refractivity contribution in [1.29, 1.82) is 0 Å². The van der Waals surface area contributed by atoms with Gasteiger partial charge in [-0.3, -0.25) is 9.59 Å². The summed E-state index contributed by atoms with van der Waals surface area (Å²) in [5.41, 5.74) is 2.97. The van der Waals surface area contributed by atoms with Gasteiger partial charge in [-0.25, -0.2) is 4.68 Å². The maximum absolute atomic E-state index is 12.3. The minimum atomic E-state index is -0.187. The van der Waals surface area contributed by atoms with Gasteiger partial charge < -0.3 is 10.6 Å². The zero-order chi connectivity index (χ0) is 18.6. The lowest BCUT2D eigenvalue weighted by atomic mass is 10.1. The highest BCUT2D eigenvalue weighted by molar-refractivity contribution is 5.95. The third kappa shape index (κ3) is 4.23. The van der Waals surface area contributed by atoms with Crippen molar-refractivity contribution in [3.8, 4) is 5.69 Å². The zero-order valence-corrected chi connectivity index (χ0v) is 14.8. The molecule has 0 unspecified atom stereocenters. The maximum Gasteiger partial charge on any atom is 0.254 e. The Morgan fingerprint density at radius 3 is 2.41 bits per heavy atom. The number of carbonyl (C=O) groups is 2. The minimum absolute atomic E-state index is 0.0404. The van der Waals surface area contributed by atoms with Crippen LogP contribution in [0.1, 0.15) is 39.1 Å². The third-order valence-corrected chi connectivity index (χ3v) is 4.45. The predicted molar refractivity (Wildman–Crippen MR) is 102 cm³/mol. The molecule has 3 aromatic rings. The van der Waals surface area contributed by atoms with Crippen LogP contribution >= 0.6 is 0 Å². The Kier molecular flexibility index (Phi) is 4.70. The van der Waals surface area contributed by atoms with E-state index in [9.17, 15) is 9.59 Å². The second-order valence-electron chi connectivity index (χ2n) is 6.64. The molecule has 2 amide bonds. The van der Waals surface area contributed by atoms with E-state index in [0.717, 1.165) is 24.1 Å². The van der Waals surface area contributed by atoms with Crippen molar-refractivity contribution in [3.05, 3.63) is 83.7 Å². The second kappa shape index (κ2) is 7.45. The van der Waals surface area contributed by atoms with Gasteiger partial charge in [-0.2, -0.15) is 5.10 Å². The number of hydrogen-bond acceptors (Lipinski definition) is 3. The van der Waals surface area contributed by atoms with Crippen molar-refractivity contribution < 1.29 is 9.59 Å². The largest absolute Gasteiger partial charge is 0.349 e. The molecule has 1 aliphatic carbocycles. The van der Waals surface area contributed by atoms with Crippen LogP contribution in [0.5, 0.6) is 0 Å². The van der Waals surface area contributed by atoms with E-state index >= 15 is 0 Å². The summed E-state index contributed by atoms with van der Waals surface area (Å²) >= 11 is 0. The predicted octanol–water partition coefficient (Wildman–Crippen LogP) is 2.69. The summed E-state index contributed by atoms with van der Waals surface area (Å²) in [6.07, 6.45) is 5.39. The smallest absolute Gasteiger partial charge is 0.254 e. The van der Waals surface area contributed by atoms with E-state index < -0.39 is 0 Å². The summed E-state index contributed by atoms with van der Waals surface area (Å²) in [6.45, 7) is 0.389. The van der Waals surface area contributed by atoms with Gasteiger partial charge in [0.15, 0.2) is 0 Å². The van der Waals surface area contributed by atoms with Crippen LogP contribution in [0.25, 0.3) is 5.69 Å². The van der Waals surface area contributed by atoms with Gasteiger partial charge in [0.05, 0.1) is 17.4 Å². The van der Waals surface area contributed by atoms with Crippen LogP contribution < -0.4 is 10.6 Å². The average molecular weight is 360 g/mol. The lowest BCUT2D eigenvalue weighted by Crippen LogP contribution is -2.25. The molecule has 6 heteroatoms. The van der Waals surface area contributed by atoms with Gasteiger partial charge in [0.25, 0.3) is 11.8 Å².